The molecule has 2 aliphatic heterocycles. The molecule has 0 atom stereocenters. The first-order chi connectivity index (χ1) is 16.2. The van der Waals surface area contributed by atoms with Crippen LogP contribution in [0.25, 0.3) is 0 Å². The second kappa shape index (κ2) is 9.34. The zero-order valence-corrected chi connectivity index (χ0v) is 18.4. The lowest BCUT2D eigenvalue weighted by Crippen LogP contribution is -2.41. The lowest BCUT2D eigenvalue weighted by molar-refractivity contribution is -0.115. The third kappa shape index (κ3) is 4.68. The Morgan fingerprint density at radius 1 is 1.03 bits per heavy atom. The van der Waals surface area contributed by atoms with Crippen molar-refractivity contribution in [2.24, 2.45) is 4.99 Å². The summed E-state index contributed by atoms with van der Waals surface area (Å²) in [6.07, 6.45) is 0.271. The van der Waals surface area contributed by atoms with Gasteiger partial charge >= 0.3 is 0 Å². The number of carbonyl (C=O) groups is 1. The van der Waals surface area contributed by atoms with Gasteiger partial charge in [0.2, 0.25) is 5.91 Å². The van der Waals surface area contributed by atoms with Crippen molar-refractivity contribution in [1.29, 1.82) is 0 Å². The first-order valence-electron chi connectivity index (χ1n) is 10.9. The van der Waals surface area contributed by atoms with Gasteiger partial charge in [-0.15, -0.1) is 0 Å². The highest BCUT2D eigenvalue weighted by molar-refractivity contribution is 6.05. The number of fused-ring (bicyclic) bond motifs is 2. The molecule has 3 aromatic rings. The quantitative estimate of drug-likeness (QED) is 0.647. The zero-order valence-electron chi connectivity index (χ0n) is 18.4. The van der Waals surface area contributed by atoms with Gasteiger partial charge in [0.1, 0.15) is 23.0 Å². The lowest BCUT2D eigenvalue weighted by atomic mass is 10.1. The van der Waals surface area contributed by atoms with Gasteiger partial charge in [-0.05, 0) is 48.0 Å². The number of ether oxygens (including phenoxy) is 3. The van der Waals surface area contributed by atoms with Crippen molar-refractivity contribution in [2.75, 3.05) is 38.7 Å². The number of carbonyl (C=O) groups excluding carboxylic acids is 1. The Kier molecular flexibility index (Phi) is 5.95. The maximum Gasteiger partial charge on any atom is 0.228 e. The average molecular weight is 444 g/mol. The van der Waals surface area contributed by atoms with Gasteiger partial charge in [0.15, 0.2) is 5.75 Å². The second-order valence-corrected chi connectivity index (χ2v) is 7.89. The Labute approximate surface area is 192 Å². The Hall–Kier alpha value is -3.84. The van der Waals surface area contributed by atoms with E-state index in [9.17, 15) is 4.79 Å². The fourth-order valence-corrected chi connectivity index (χ4v) is 3.95. The van der Waals surface area contributed by atoms with Gasteiger partial charge in [0.25, 0.3) is 0 Å². The summed E-state index contributed by atoms with van der Waals surface area (Å²) in [6.45, 7) is 2.79. The largest absolute Gasteiger partial charge is 0.497 e. The van der Waals surface area contributed by atoms with E-state index in [-0.39, 0.29) is 12.3 Å². The number of methoxy groups -OCH3 is 1. The highest BCUT2D eigenvalue weighted by Crippen LogP contribution is 2.39. The Morgan fingerprint density at radius 2 is 1.82 bits per heavy atom. The Bertz CT molecular complexity index is 1180. The van der Waals surface area contributed by atoms with Gasteiger partial charge in [0.05, 0.1) is 32.3 Å². The van der Waals surface area contributed by atoms with Crippen LogP contribution in [0, 0.1) is 0 Å². The fraction of sp³-hybridized carbons (Fsp3) is 0.231. The van der Waals surface area contributed by atoms with E-state index < -0.39 is 0 Å². The van der Waals surface area contributed by atoms with Crippen LogP contribution in [0.3, 0.4) is 0 Å². The number of hydrogen-bond acceptors (Lipinski definition) is 6. The van der Waals surface area contributed by atoms with Crippen molar-refractivity contribution in [3.05, 3.63) is 77.9 Å². The third-order valence-electron chi connectivity index (χ3n) is 5.65. The molecule has 7 heteroatoms. The van der Waals surface area contributed by atoms with Crippen molar-refractivity contribution in [1.82, 2.24) is 4.90 Å². The van der Waals surface area contributed by atoms with E-state index in [0.717, 1.165) is 41.5 Å². The number of aliphatic imine (C=N–C) groups is 1. The van der Waals surface area contributed by atoms with Crippen molar-refractivity contribution >= 4 is 23.1 Å². The van der Waals surface area contributed by atoms with E-state index in [1.54, 1.807) is 7.11 Å². The van der Waals surface area contributed by atoms with Crippen LogP contribution in [0.5, 0.6) is 17.2 Å². The summed E-state index contributed by atoms with van der Waals surface area (Å²) in [7, 11) is 1.62. The van der Waals surface area contributed by atoms with E-state index in [4.69, 9.17) is 19.2 Å². The van der Waals surface area contributed by atoms with E-state index in [1.807, 2.05) is 66.7 Å². The predicted octanol–water partition coefficient (Wildman–Crippen LogP) is 4.39. The van der Waals surface area contributed by atoms with Crippen molar-refractivity contribution < 1.29 is 19.0 Å². The molecule has 3 aromatic carbocycles. The van der Waals surface area contributed by atoms with Crippen LogP contribution >= 0.6 is 0 Å². The molecule has 0 unspecified atom stereocenters. The molecular weight excluding hydrogens is 418 g/mol. The van der Waals surface area contributed by atoms with Crippen LogP contribution in [0.15, 0.2) is 71.7 Å². The molecule has 1 fully saturated rings. The number of amidine groups is 1. The predicted molar refractivity (Wildman–Crippen MR) is 127 cm³/mol. The highest BCUT2D eigenvalue weighted by atomic mass is 16.5. The molecule has 2 aliphatic rings. The summed E-state index contributed by atoms with van der Waals surface area (Å²) in [4.78, 5) is 19.9. The second-order valence-electron chi connectivity index (χ2n) is 7.89. The topological polar surface area (TPSA) is 72.4 Å². The molecule has 0 bridgehead atoms. The standard InChI is InChI=1S/C26H25N3O4/c1-31-20-9-6-18(7-10-20)16-25(30)27-19-8-11-23-21(17-19)26(29-12-14-32-15-13-29)28-22-4-2-3-5-24(22)33-23/h2-11,17H,12-16H2,1H3,(H,27,30). The number of nitrogens with zero attached hydrogens (tertiary/aromatic N) is 2. The monoisotopic (exact) mass is 443 g/mol. The molecule has 0 radical (unpaired) electrons. The number of anilines is 1. The van der Waals surface area contributed by atoms with Crippen LogP contribution in [0.4, 0.5) is 11.4 Å². The highest BCUT2D eigenvalue weighted by Gasteiger charge is 2.24. The van der Waals surface area contributed by atoms with Gasteiger partial charge in [-0.3, -0.25) is 4.79 Å². The van der Waals surface area contributed by atoms with Crippen LogP contribution < -0.4 is 14.8 Å². The molecule has 168 valence electrons. The maximum absolute atomic E-state index is 12.7. The van der Waals surface area contributed by atoms with Crippen LogP contribution in [0.2, 0.25) is 0 Å². The van der Waals surface area contributed by atoms with Gasteiger partial charge < -0.3 is 24.4 Å². The molecule has 0 aliphatic carbocycles. The molecule has 0 saturated carbocycles. The number of amides is 1. The van der Waals surface area contributed by atoms with Crippen molar-refractivity contribution in [2.45, 2.75) is 6.42 Å². The van der Waals surface area contributed by atoms with E-state index >= 15 is 0 Å². The summed E-state index contributed by atoms with van der Waals surface area (Å²) in [5, 5.41) is 3.01. The van der Waals surface area contributed by atoms with Crippen molar-refractivity contribution in [3.8, 4) is 17.2 Å². The summed E-state index contributed by atoms with van der Waals surface area (Å²) in [6, 6.07) is 20.9. The summed E-state index contributed by atoms with van der Waals surface area (Å²) in [5.74, 6) is 2.91. The van der Waals surface area contributed by atoms with Crippen LogP contribution in [-0.4, -0.2) is 50.1 Å². The smallest absolute Gasteiger partial charge is 0.228 e. The maximum atomic E-state index is 12.7. The summed E-state index contributed by atoms with van der Waals surface area (Å²) < 4.78 is 16.9. The summed E-state index contributed by atoms with van der Waals surface area (Å²) >= 11 is 0. The number of para-hydroxylation sites is 2. The molecule has 5 rings (SSSR count). The first kappa shape index (κ1) is 21.0. The summed E-state index contributed by atoms with van der Waals surface area (Å²) in [5.41, 5.74) is 3.23. The molecular formula is C26H25N3O4. The molecule has 2 heterocycles. The normalized spacial score (nSPS) is 14.8. The third-order valence-corrected chi connectivity index (χ3v) is 5.65. The Morgan fingerprint density at radius 3 is 2.61 bits per heavy atom. The molecule has 1 amide bonds. The number of nitrogens with one attached hydrogen (secondary N) is 1. The van der Waals surface area contributed by atoms with Gasteiger partial charge in [-0.2, -0.15) is 0 Å². The molecule has 0 spiro atoms. The fourth-order valence-electron chi connectivity index (χ4n) is 3.95. The van der Waals surface area contributed by atoms with E-state index in [1.165, 1.54) is 0 Å². The van der Waals surface area contributed by atoms with Gasteiger partial charge in [-0.1, -0.05) is 24.3 Å². The number of benzene rings is 3. The van der Waals surface area contributed by atoms with E-state index in [2.05, 4.69) is 10.2 Å². The molecule has 1 N–H and O–H groups in total. The lowest BCUT2D eigenvalue weighted by Gasteiger charge is -2.30. The minimum Gasteiger partial charge on any atom is -0.497 e. The number of hydrogen-bond donors (Lipinski definition) is 1. The van der Waals surface area contributed by atoms with Crippen LogP contribution in [0.1, 0.15) is 11.1 Å². The first-order valence-corrected chi connectivity index (χ1v) is 10.9. The van der Waals surface area contributed by atoms with Gasteiger partial charge in [0, 0.05) is 18.8 Å². The average Bonchev–Trinajstić information content (AvgIpc) is 3.01. The molecule has 1 saturated heterocycles. The Balaban J connectivity index is 1.42. The number of morpholine rings is 1. The molecule has 7 nitrogen and oxygen atoms in total. The minimum atomic E-state index is -0.0946. The van der Waals surface area contributed by atoms with Gasteiger partial charge in [-0.25, -0.2) is 4.99 Å². The number of rotatable bonds is 4. The minimum absolute atomic E-state index is 0.0946. The molecule has 33 heavy (non-hydrogen) atoms. The SMILES string of the molecule is COc1ccc(CC(=O)Nc2ccc3c(c2)C(N2CCOCC2)=Nc2ccccc2O3)cc1. The van der Waals surface area contributed by atoms with E-state index in [0.29, 0.717) is 30.4 Å². The molecule has 0 aromatic heterocycles. The van der Waals surface area contributed by atoms with Crippen molar-refractivity contribution in [3.63, 3.8) is 0 Å². The zero-order chi connectivity index (χ0) is 22.6. The van der Waals surface area contributed by atoms with Crippen LogP contribution in [-0.2, 0) is 16.0 Å².